The van der Waals surface area contributed by atoms with Gasteiger partial charge < -0.3 is 14.8 Å². The second kappa shape index (κ2) is 12.1. The summed E-state index contributed by atoms with van der Waals surface area (Å²) in [6.07, 6.45) is -1.87. The average molecular weight is 520 g/mol. The predicted molar refractivity (Wildman–Crippen MR) is 127 cm³/mol. The standard InChI is InChI=1S/C21H30NO8PS2/c1-21(2)14-28-31(25,30-19(21)20(24)22-10-9-18(23)26-3)29-17-13-33-32-12-16(17)27-11-15-7-5-4-6-8-15/h4-8,16-17,19H,9-14H2,1-3H3,(H,22,24)/t16?,17-,19+,31?/m1/s1. The van der Waals surface area contributed by atoms with Crippen LogP contribution in [0.1, 0.15) is 25.8 Å². The Morgan fingerprint density at radius 3 is 2.58 bits per heavy atom. The van der Waals surface area contributed by atoms with Crippen molar-refractivity contribution in [1.29, 1.82) is 0 Å². The summed E-state index contributed by atoms with van der Waals surface area (Å²) in [4.78, 5) is 24.0. The van der Waals surface area contributed by atoms with Crippen molar-refractivity contribution in [2.24, 2.45) is 5.41 Å². The van der Waals surface area contributed by atoms with Crippen LogP contribution in [0.25, 0.3) is 0 Å². The normalized spacial score (nSPS) is 29.2. The molecule has 1 amide bonds. The van der Waals surface area contributed by atoms with E-state index < -0.39 is 37.3 Å². The molecule has 1 N–H and O–H groups in total. The van der Waals surface area contributed by atoms with Crippen molar-refractivity contribution in [1.82, 2.24) is 5.32 Å². The topological polar surface area (TPSA) is 109 Å². The Kier molecular flexibility index (Phi) is 9.70. The number of hydrogen-bond acceptors (Lipinski definition) is 10. The molecule has 2 heterocycles. The van der Waals surface area contributed by atoms with Gasteiger partial charge in [-0.15, -0.1) is 0 Å². The van der Waals surface area contributed by atoms with E-state index in [1.54, 1.807) is 35.4 Å². The van der Waals surface area contributed by atoms with Crippen molar-refractivity contribution >= 4 is 41.3 Å². The van der Waals surface area contributed by atoms with Crippen LogP contribution in [-0.2, 0) is 43.8 Å². The minimum Gasteiger partial charge on any atom is -0.469 e. The summed E-state index contributed by atoms with van der Waals surface area (Å²) in [6, 6.07) is 9.77. The van der Waals surface area contributed by atoms with E-state index in [0.717, 1.165) is 5.56 Å². The summed E-state index contributed by atoms with van der Waals surface area (Å²) in [5.74, 6) is 0.276. The molecule has 9 nitrogen and oxygen atoms in total. The fraction of sp³-hybridized carbons (Fsp3) is 0.619. The number of esters is 1. The molecule has 0 aromatic heterocycles. The molecule has 2 aliphatic heterocycles. The molecule has 12 heteroatoms. The maximum absolute atomic E-state index is 13.4. The van der Waals surface area contributed by atoms with Gasteiger partial charge in [-0.3, -0.25) is 23.2 Å². The van der Waals surface area contributed by atoms with Crippen molar-refractivity contribution in [2.75, 3.05) is 31.8 Å². The summed E-state index contributed by atoms with van der Waals surface area (Å²) in [6.45, 7) is 4.06. The van der Waals surface area contributed by atoms with Crippen LogP contribution >= 0.6 is 29.4 Å². The van der Waals surface area contributed by atoms with Gasteiger partial charge in [0.05, 0.1) is 32.8 Å². The van der Waals surface area contributed by atoms with Crippen LogP contribution in [-0.4, -0.2) is 62.0 Å². The second-order valence-electron chi connectivity index (χ2n) is 8.36. The Morgan fingerprint density at radius 1 is 1.18 bits per heavy atom. The number of ether oxygens (including phenoxy) is 2. The zero-order valence-electron chi connectivity index (χ0n) is 18.9. The van der Waals surface area contributed by atoms with Gasteiger partial charge in [-0.05, 0) is 5.56 Å². The highest BCUT2D eigenvalue weighted by Gasteiger charge is 2.50. The first-order chi connectivity index (χ1) is 15.7. The molecule has 3 rings (SSSR count). The zero-order chi connectivity index (χ0) is 23.9. The van der Waals surface area contributed by atoms with Gasteiger partial charge in [0.25, 0.3) is 0 Å². The first kappa shape index (κ1) is 26.5. The number of carbonyl (C=O) groups is 2. The van der Waals surface area contributed by atoms with E-state index in [1.807, 2.05) is 30.3 Å². The third-order valence-electron chi connectivity index (χ3n) is 5.17. The Bertz CT molecular complexity index is 856. The molecule has 2 unspecified atom stereocenters. The molecular formula is C21H30NO8PS2. The quantitative estimate of drug-likeness (QED) is 0.295. The molecule has 184 valence electrons. The molecule has 1 aromatic carbocycles. The number of amides is 1. The monoisotopic (exact) mass is 519 g/mol. The van der Waals surface area contributed by atoms with Crippen molar-refractivity contribution < 1.29 is 37.2 Å². The summed E-state index contributed by atoms with van der Waals surface area (Å²) in [5, 5.41) is 2.63. The minimum absolute atomic E-state index is 0.0174. The summed E-state index contributed by atoms with van der Waals surface area (Å²) >= 11 is 0. The molecular weight excluding hydrogens is 489 g/mol. The Balaban J connectivity index is 1.61. The molecule has 0 radical (unpaired) electrons. The third kappa shape index (κ3) is 7.71. The lowest BCUT2D eigenvalue weighted by Crippen LogP contribution is -2.50. The van der Waals surface area contributed by atoms with Gasteiger partial charge in [-0.2, -0.15) is 0 Å². The lowest BCUT2D eigenvalue weighted by atomic mass is 9.87. The van der Waals surface area contributed by atoms with E-state index >= 15 is 0 Å². The SMILES string of the molecule is COC(=O)CCNC(=O)[C@@H]1OP(=O)(O[C@@H]2CSSCC2OCc2ccccc2)OCC1(C)C. The fourth-order valence-electron chi connectivity index (χ4n) is 3.21. The highest BCUT2D eigenvalue weighted by molar-refractivity contribution is 8.76. The largest absolute Gasteiger partial charge is 0.475 e. The summed E-state index contributed by atoms with van der Waals surface area (Å²) in [5.41, 5.74) is 0.286. The molecule has 0 spiro atoms. The van der Waals surface area contributed by atoms with Crippen LogP contribution in [0.15, 0.2) is 30.3 Å². The number of rotatable bonds is 9. The van der Waals surface area contributed by atoms with Gasteiger partial charge >= 0.3 is 13.8 Å². The summed E-state index contributed by atoms with van der Waals surface area (Å²) in [7, 11) is 0.517. The van der Waals surface area contributed by atoms with Crippen LogP contribution < -0.4 is 5.32 Å². The second-order valence-corrected chi connectivity index (χ2v) is 12.5. The van der Waals surface area contributed by atoms with Crippen LogP contribution in [0.2, 0.25) is 0 Å². The number of carbonyl (C=O) groups excluding carboxylic acids is 2. The van der Waals surface area contributed by atoms with Gasteiger partial charge in [-0.25, -0.2) is 4.57 Å². The van der Waals surface area contributed by atoms with Crippen molar-refractivity contribution in [3.05, 3.63) is 35.9 Å². The maximum atomic E-state index is 13.4. The molecule has 0 bridgehead atoms. The van der Waals surface area contributed by atoms with E-state index in [0.29, 0.717) is 18.1 Å². The van der Waals surface area contributed by atoms with E-state index in [9.17, 15) is 14.2 Å². The van der Waals surface area contributed by atoms with E-state index in [2.05, 4.69) is 10.1 Å². The molecule has 4 atom stereocenters. The molecule has 2 saturated heterocycles. The van der Waals surface area contributed by atoms with E-state index in [4.69, 9.17) is 18.3 Å². The molecule has 33 heavy (non-hydrogen) atoms. The van der Waals surface area contributed by atoms with E-state index in [-0.39, 0.29) is 25.7 Å². The number of methoxy groups -OCH3 is 1. The van der Waals surface area contributed by atoms with Crippen LogP contribution in [0.4, 0.5) is 0 Å². The third-order valence-corrected chi connectivity index (χ3v) is 9.02. The van der Waals surface area contributed by atoms with Crippen molar-refractivity contribution in [2.45, 2.75) is 45.2 Å². The van der Waals surface area contributed by atoms with Crippen molar-refractivity contribution in [3.63, 3.8) is 0 Å². The first-order valence-electron chi connectivity index (χ1n) is 10.6. The number of phosphoric ester groups is 1. The Hall–Kier alpha value is -1.07. The van der Waals surface area contributed by atoms with Crippen LogP contribution in [0, 0.1) is 5.41 Å². The highest BCUT2D eigenvalue weighted by atomic mass is 33.1. The fourth-order valence-corrected chi connectivity index (χ4v) is 7.59. The smallest absolute Gasteiger partial charge is 0.469 e. The number of phosphoric acid groups is 1. The average Bonchev–Trinajstić information content (AvgIpc) is 2.81. The lowest BCUT2D eigenvalue weighted by Gasteiger charge is -2.41. The molecule has 1 aromatic rings. The molecule has 0 aliphatic carbocycles. The highest BCUT2D eigenvalue weighted by Crippen LogP contribution is 2.59. The zero-order valence-corrected chi connectivity index (χ0v) is 21.4. The van der Waals surface area contributed by atoms with Crippen LogP contribution in [0.5, 0.6) is 0 Å². The Morgan fingerprint density at radius 2 is 1.88 bits per heavy atom. The van der Waals surface area contributed by atoms with Gasteiger partial charge in [0.15, 0.2) is 6.10 Å². The van der Waals surface area contributed by atoms with Gasteiger partial charge in [-0.1, -0.05) is 65.8 Å². The first-order valence-corrected chi connectivity index (χ1v) is 14.5. The van der Waals surface area contributed by atoms with Crippen molar-refractivity contribution in [3.8, 4) is 0 Å². The van der Waals surface area contributed by atoms with Gasteiger partial charge in [0, 0.05) is 23.5 Å². The summed E-state index contributed by atoms with van der Waals surface area (Å²) < 4.78 is 41.0. The van der Waals surface area contributed by atoms with E-state index in [1.165, 1.54) is 7.11 Å². The number of nitrogens with one attached hydrogen (secondary N) is 1. The number of benzene rings is 1. The molecule has 0 saturated carbocycles. The van der Waals surface area contributed by atoms with Crippen LogP contribution in [0.3, 0.4) is 0 Å². The lowest BCUT2D eigenvalue weighted by molar-refractivity contribution is -0.144. The van der Waals surface area contributed by atoms with Gasteiger partial charge in [0.2, 0.25) is 5.91 Å². The number of hydrogen-bond donors (Lipinski definition) is 1. The molecule has 2 aliphatic rings. The Labute approximate surface area is 202 Å². The minimum atomic E-state index is -4.02. The maximum Gasteiger partial charge on any atom is 0.475 e. The molecule has 2 fully saturated rings. The van der Waals surface area contributed by atoms with Gasteiger partial charge in [0.1, 0.15) is 6.10 Å². The predicted octanol–water partition coefficient (Wildman–Crippen LogP) is 3.58.